The minimum Gasteiger partial charge on any atom is -0.452 e. The Bertz CT molecular complexity index is 790. The molecule has 2 aromatic rings. The van der Waals surface area contributed by atoms with Crippen molar-refractivity contribution in [2.24, 2.45) is 0 Å². The summed E-state index contributed by atoms with van der Waals surface area (Å²) >= 11 is 9.34. The van der Waals surface area contributed by atoms with E-state index in [1.165, 1.54) is 6.08 Å². The van der Waals surface area contributed by atoms with Crippen LogP contribution in [0.5, 0.6) is 0 Å². The summed E-state index contributed by atoms with van der Waals surface area (Å²) in [7, 11) is 0. The molecule has 124 valence electrons. The third kappa shape index (κ3) is 5.51. The number of anilines is 1. The van der Waals surface area contributed by atoms with E-state index in [0.717, 1.165) is 15.6 Å². The van der Waals surface area contributed by atoms with E-state index in [1.807, 2.05) is 24.3 Å². The Hall–Kier alpha value is -2.11. The highest BCUT2D eigenvalue weighted by atomic mass is 79.9. The molecule has 0 aliphatic rings. The molecule has 0 spiro atoms. The lowest BCUT2D eigenvalue weighted by Crippen LogP contribution is -2.20. The first-order chi connectivity index (χ1) is 11.5. The van der Waals surface area contributed by atoms with Crippen LogP contribution in [0.15, 0.2) is 53.0 Å². The van der Waals surface area contributed by atoms with E-state index in [4.69, 9.17) is 16.3 Å². The Morgan fingerprint density at radius 2 is 2.00 bits per heavy atom. The summed E-state index contributed by atoms with van der Waals surface area (Å²) in [4.78, 5) is 23.5. The number of hydrogen-bond acceptors (Lipinski definition) is 3. The largest absolute Gasteiger partial charge is 0.452 e. The van der Waals surface area contributed by atoms with Gasteiger partial charge in [0.1, 0.15) is 0 Å². The molecular formula is C18H15BrClNO3. The van der Waals surface area contributed by atoms with Crippen molar-refractivity contribution in [2.75, 3.05) is 11.9 Å². The fraction of sp³-hybridized carbons (Fsp3) is 0.111. The standard InChI is InChI=1S/C18H15BrClNO3/c1-12-15(20)6-3-7-16(12)21-17(22)11-24-18(23)9-8-13-4-2-5-14(19)10-13/h2-10H,11H2,1H3,(H,21,22)/b9-8+. The Labute approximate surface area is 153 Å². The molecule has 0 radical (unpaired) electrons. The van der Waals surface area contributed by atoms with Gasteiger partial charge in [-0.15, -0.1) is 0 Å². The molecule has 24 heavy (non-hydrogen) atoms. The van der Waals surface area contributed by atoms with E-state index in [1.54, 1.807) is 31.2 Å². The number of amides is 1. The third-order valence-electron chi connectivity index (χ3n) is 3.15. The van der Waals surface area contributed by atoms with Crippen molar-refractivity contribution in [1.82, 2.24) is 0 Å². The molecular weight excluding hydrogens is 394 g/mol. The quantitative estimate of drug-likeness (QED) is 0.581. The van der Waals surface area contributed by atoms with Gasteiger partial charge in [-0.1, -0.05) is 45.7 Å². The first-order valence-corrected chi connectivity index (χ1v) is 8.28. The number of hydrogen-bond donors (Lipinski definition) is 1. The summed E-state index contributed by atoms with van der Waals surface area (Å²) in [6.07, 6.45) is 2.89. The zero-order valence-electron chi connectivity index (χ0n) is 12.9. The molecule has 2 aromatic carbocycles. The lowest BCUT2D eigenvalue weighted by atomic mass is 10.2. The topological polar surface area (TPSA) is 55.4 Å². The molecule has 0 saturated heterocycles. The van der Waals surface area contributed by atoms with Crippen LogP contribution >= 0.6 is 27.5 Å². The van der Waals surface area contributed by atoms with E-state index >= 15 is 0 Å². The fourth-order valence-corrected chi connectivity index (χ4v) is 2.48. The molecule has 6 heteroatoms. The Kier molecular flexibility index (Phi) is 6.58. The predicted octanol–water partition coefficient (Wildman–Crippen LogP) is 4.61. The van der Waals surface area contributed by atoms with Crippen molar-refractivity contribution in [3.8, 4) is 0 Å². The number of carbonyl (C=O) groups excluding carboxylic acids is 2. The van der Waals surface area contributed by atoms with Gasteiger partial charge in [0.15, 0.2) is 6.61 Å². The van der Waals surface area contributed by atoms with Crippen LogP contribution in [0.25, 0.3) is 6.08 Å². The first-order valence-electron chi connectivity index (χ1n) is 7.11. The molecule has 0 fully saturated rings. The van der Waals surface area contributed by atoms with Crippen LogP contribution in [-0.4, -0.2) is 18.5 Å². The highest BCUT2D eigenvalue weighted by molar-refractivity contribution is 9.10. The van der Waals surface area contributed by atoms with Crippen LogP contribution in [0.1, 0.15) is 11.1 Å². The second-order valence-electron chi connectivity index (χ2n) is 4.96. The minimum atomic E-state index is -0.590. The van der Waals surface area contributed by atoms with Crippen LogP contribution < -0.4 is 5.32 Å². The smallest absolute Gasteiger partial charge is 0.331 e. The number of carbonyl (C=O) groups is 2. The van der Waals surface area contributed by atoms with Crippen LogP contribution in [-0.2, 0) is 14.3 Å². The number of esters is 1. The van der Waals surface area contributed by atoms with Crippen LogP contribution in [0.2, 0.25) is 5.02 Å². The van der Waals surface area contributed by atoms with Crippen molar-refractivity contribution in [3.05, 3.63) is 69.2 Å². The highest BCUT2D eigenvalue weighted by Crippen LogP contribution is 2.22. The SMILES string of the molecule is Cc1c(Cl)cccc1NC(=O)COC(=O)/C=C/c1cccc(Br)c1. The summed E-state index contributed by atoms with van der Waals surface area (Å²) in [6.45, 7) is 1.43. The molecule has 2 rings (SSSR count). The second-order valence-corrected chi connectivity index (χ2v) is 6.28. The molecule has 0 bridgehead atoms. The van der Waals surface area contributed by atoms with E-state index in [0.29, 0.717) is 10.7 Å². The average molecular weight is 409 g/mol. The Morgan fingerprint density at radius 3 is 2.75 bits per heavy atom. The molecule has 1 N–H and O–H groups in total. The zero-order chi connectivity index (χ0) is 17.5. The second kappa shape index (κ2) is 8.66. The maximum atomic E-state index is 11.8. The summed E-state index contributed by atoms with van der Waals surface area (Å²) < 4.78 is 5.83. The van der Waals surface area contributed by atoms with Gasteiger partial charge in [0.05, 0.1) is 0 Å². The Morgan fingerprint density at radius 1 is 1.25 bits per heavy atom. The third-order valence-corrected chi connectivity index (χ3v) is 4.05. The molecule has 4 nitrogen and oxygen atoms in total. The number of rotatable bonds is 5. The van der Waals surface area contributed by atoms with Gasteiger partial charge in [0.25, 0.3) is 5.91 Å². The minimum absolute atomic E-state index is 0.367. The van der Waals surface area contributed by atoms with Gasteiger partial charge < -0.3 is 10.1 Å². The summed E-state index contributed by atoms with van der Waals surface area (Å²) in [5, 5.41) is 3.21. The maximum Gasteiger partial charge on any atom is 0.331 e. The van der Waals surface area contributed by atoms with Crippen molar-refractivity contribution in [3.63, 3.8) is 0 Å². The molecule has 0 saturated carbocycles. The van der Waals surface area contributed by atoms with E-state index in [2.05, 4.69) is 21.2 Å². The molecule has 0 aliphatic heterocycles. The van der Waals surface area contributed by atoms with Crippen molar-refractivity contribution < 1.29 is 14.3 Å². The summed E-state index contributed by atoms with van der Waals surface area (Å²) in [6, 6.07) is 12.7. The Balaban J connectivity index is 1.85. The van der Waals surface area contributed by atoms with Gasteiger partial charge in [0, 0.05) is 21.3 Å². The van der Waals surface area contributed by atoms with Crippen molar-refractivity contribution in [1.29, 1.82) is 0 Å². The van der Waals surface area contributed by atoms with Gasteiger partial charge in [-0.25, -0.2) is 4.79 Å². The summed E-state index contributed by atoms with van der Waals surface area (Å²) in [5.74, 6) is -1.02. The predicted molar refractivity (Wildman–Crippen MR) is 99.0 cm³/mol. The van der Waals surface area contributed by atoms with E-state index in [-0.39, 0.29) is 6.61 Å². The maximum absolute atomic E-state index is 11.8. The molecule has 0 heterocycles. The highest BCUT2D eigenvalue weighted by Gasteiger charge is 2.08. The van der Waals surface area contributed by atoms with Gasteiger partial charge in [-0.05, 0) is 48.4 Å². The van der Waals surface area contributed by atoms with Gasteiger partial charge in [-0.3, -0.25) is 4.79 Å². The average Bonchev–Trinajstić information content (AvgIpc) is 2.55. The molecule has 0 unspecified atom stereocenters. The number of halogens is 2. The molecule has 0 aromatic heterocycles. The zero-order valence-corrected chi connectivity index (χ0v) is 15.2. The van der Waals surface area contributed by atoms with Crippen LogP contribution in [0.3, 0.4) is 0 Å². The number of ether oxygens (including phenoxy) is 1. The van der Waals surface area contributed by atoms with Crippen molar-refractivity contribution in [2.45, 2.75) is 6.92 Å². The number of benzene rings is 2. The fourth-order valence-electron chi connectivity index (χ4n) is 1.89. The lowest BCUT2D eigenvalue weighted by molar-refractivity contribution is -0.142. The lowest BCUT2D eigenvalue weighted by Gasteiger charge is -2.09. The first kappa shape index (κ1) is 18.2. The number of nitrogens with one attached hydrogen (secondary N) is 1. The van der Waals surface area contributed by atoms with Crippen LogP contribution in [0, 0.1) is 6.92 Å². The normalized spacial score (nSPS) is 10.6. The molecule has 0 atom stereocenters. The molecule has 1 amide bonds. The molecule has 0 aliphatic carbocycles. The van der Waals surface area contributed by atoms with Gasteiger partial charge in [-0.2, -0.15) is 0 Å². The van der Waals surface area contributed by atoms with Crippen LogP contribution in [0.4, 0.5) is 5.69 Å². The van der Waals surface area contributed by atoms with E-state index < -0.39 is 11.9 Å². The van der Waals surface area contributed by atoms with Gasteiger partial charge in [0.2, 0.25) is 0 Å². The van der Waals surface area contributed by atoms with E-state index in [9.17, 15) is 9.59 Å². The monoisotopic (exact) mass is 407 g/mol. The van der Waals surface area contributed by atoms with Gasteiger partial charge >= 0.3 is 5.97 Å². The van der Waals surface area contributed by atoms with Crippen molar-refractivity contribution >= 4 is 51.2 Å². The summed E-state index contributed by atoms with van der Waals surface area (Å²) in [5.41, 5.74) is 2.20.